The van der Waals surface area contributed by atoms with Crippen LogP contribution in [0.1, 0.15) is 5.56 Å². The molecule has 0 unspecified atom stereocenters. The maximum Gasteiger partial charge on any atom is 0.203 e. The number of anilines is 1. The van der Waals surface area contributed by atoms with Crippen molar-refractivity contribution in [3.63, 3.8) is 0 Å². The fourth-order valence-corrected chi connectivity index (χ4v) is 1.79. The van der Waals surface area contributed by atoms with Gasteiger partial charge in [-0.25, -0.2) is 8.78 Å². The predicted octanol–water partition coefficient (Wildman–Crippen LogP) is 4.06. The molecule has 2 nitrogen and oxygen atoms in total. The van der Waals surface area contributed by atoms with Crippen molar-refractivity contribution in [2.45, 2.75) is 6.61 Å². The highest BCUT2D eigenvalue weighted by Gasteiger charge is 2.21. The predicted molar refractivity (Wildman–Crippen MR) is 66.5 cm³/mol. The van der Waals surface area contributed by atoms with Crippen molar-refractivity contribution in [1.82, 2.24) is 0 Å². The largest absolute Gasteiger partial charge is 0.483 e. The fourth-order valence-electron chi connectivity index (χ4n) is 1.55. The third-order valence-electron chi connectivity index (χ3n) is 2.59. The number of nitrogens with two attached hydrogens (primary N) is 1. The van der Waals surface area contributed by atoms with E-state index in [0.717, 1.165) is 0 Å². The second kappa shape index (κ2) is 5.58. The van der Waals surface area contributed by atoms with E-state index in [1.165, 1.54) is 12.1 Å². The first-order chi connectivity index (χ1) is 9.41. The smallest absolute Gasteiger partial charge is 0.203 e. The van der Waals surface area contributed by atoms with Gasteiger partial charge in [0.25, 0.3) is 0 Å². The lowest BCUT2D eigenvalue weighted by Gasteiger charge is -2.12. The Kier molecular flexibility index (Phi) is 4.04. The Bertz CT molecular complexity index is 617. The number of ether oxygens (including phenoxy) is 1. The normalized spacial score (nSPS) is 10.7. The van der Waals surface area contributed by atoms with Crippen LogP contribution >= 0.6 is 11.6 Å². The van der Waals surface area contributed by atoms with Crippen LogP contribution < -0.4 is 10.5 Å². The summed E-state index contributed by atoms with van der Waals surface area (Å²) in [5, 5.41) is 0.211. The van der Waals surface area contributed by atoms with Crippen LogP contribution in [-0.4, -0.2) is 0 Å². The molecular weight excluding hydrogens is 298 g/mol. The lowest BCUT2D eigenvalue weighted by molar-refractivity contribution is 0.262. The average molecular weight is 306 g/mol. The second-order valence-electron chi connectivity index (χ2n) is 3.89. The number of hydrogen-bond donors (Lipinski definition) is 1. The minimum atomic E-state index is -1.62. The van der Waals surface area contributed by atoms with Crippen LogP contribution in [0, 0.1) is 23.3 Å². The van der Waals surface area contributed by atoms with Gasteiger partial charge in [-0.15, -0.1) is 0 Å². The Hall–Kier alpha value is -1.95. The van der Waals surface area contributed by atoms with Crippen LogP contribution in [0.25, 0.3) is 0 Å². The Morgan fingerprint density at radius 3 is 2.20 bits per heavy atom. The van der Waals surface area contributed by atoms with Crippen molar-refractivity contribution in [2.24, 2.45) is 0 Å². The molecule has 0 radical (unpaired) electrons. The van der Waals surface area contributed by atoms with Crippen LogP contribution in [0.5, 0.6) is 5.75 Å². The number of halogens is 5. The summed E-state index contributed by atoms with van der Waals surface area (Å²) in [6.07, 6.45) is 0. The van der Waals surface area contributed by atoms with E-state index in [-0.39, 0.29) is 22.3 Å². The molecule has 0 atom stereocenters. The minimum absolute atomic E-state index is 0.0986. The zero-order chi connectivity index (χ0) is 14.9. The van der Waals surface area contributed by atoms with Crippen LogP contribution in [0.2, 0.25) is 5.02 Å². The first-order valence-corrected chi connectivity index (χ1v) is 5.78. The summed E-state index contributed by atoms with van der Waals surface area (Å²) in [5.74, 6) is -7.48. The van der Waals surface area contributed by atoms with Crippen molar-refractivity contribution >= 4 is 17.3 Å². The highest BCUT2D eigenvalue weighted by atomic mass is 35.5. The van der Waals surface area contributed by atoms with Gasteiger partial charge in [-0.2, -0.15) is 8.78 Å². The lowest BCUT2D eigenvalue weighted by atomic mass is 10.2. The van der Waals surface area contributed by atoms with E-state index in [9.17, 15) is 17.6 Å². The van der Waals surface area contributed by atoms with E-state index in [4.69, 9.17) is 22.1 Å². The van der Waals surface area contributed by atoms with Crippen molar-refractivity contribution in [3.05, 3.63) is 58.1 Å². The van der Waals surface area contributed by atoms with Crippen molar-refractivity contribution in [1.29, 1.82) is 0 Å². The van der Waals surface area contributed by atoms with Crippen molar-refractivity contribution < 1.29 is 22.3 Å². The molecule has 106 valence electrons. The highest BCUT2D eigenvalue weighted by Crippen LogP contribution is 2.29. The average Bonchev–Trinajstić information content (AvgIpc) is 2.39. The standard InChI is InChI=1S/C13H8ClF4NO/c14-7-2-1-3-10(19)6(7)5-20-13-11(17)8(15)4-9(16)12(13)18/h1-4H,5,19H2. The summed E-state index contributed by atoms with van der Waals surface area (Å²) < 4.78 is 57.5. The van der Waals surface area contributed by atoms with E-state index >= 15 is 0 Å². The molecule has 0 amide bonds. The molecule has 0 aliphatic carbocycles. The molecule has 2 N–H and O–H groups in total. The summed E-state index contributed by atoms with van der Waals surface area (Å²) >= 11 is 5.84. The third kappa shape index (κ3) is 2.65. The van der Waals surface area contributed by atoms with E-state index in [2.05, 4.69) is 0 Å². The molecule has 0 aliphatic heterocycles. The van der Waals surface area contributed by atoms with Gasteiger partial charge in [0.15, 0.2) is 17.4 Å². The molecule has 0 saturated heterocycles. The molecular formula is C13H8ClF4NO. The Balaban J connectivity index is 2.32. The summed E-state index contributed by atoms with van der Waals surface area (Å²) in [6, 6.07) is 4.67. The second-order valence-corrected chi connectivity index (χ2v) is 4.30. The highest BCUT2D eigenvalue weighted by molar-refractivity contribution is 6.31. The molecule has 0 heterocycles. The first kappa shape index (κ1) is 14.5. The zero-order valence-electron chi connectivity index (χ0n) is 9.89. The molecule has 0 aromatic heterocycles. The van der Waals surface area contributed by atoms with Gasteiger partial charge in [0, 0.05) is 22.3 Å². The molecule has 2 aromatic carbocycles. The van der Waals surface area contributed by atoms with Crippen LogP contribution in [0.3, 0.4) is 0 Å². The van der Waals surface area contributed by atoms with Gasteiger partial charge in [-0.1, -0.05) is 17.7 Å². The number of rotatable bonds is 3. The van der Waals surface area contributed by atoms with Gasteiger partial charge >= 0.3 is 0 Å². The maximum absolute atomic E-state index is 13.4. The molecule has 7 heteroatoms. The van der Waals surface area contributed by atoms with Gasteiger partial charge in [-0.3, -0.25) is 0 Å². The van der Waals surface area contributed by atoms with Crippen molar-refractivity contribution in [3.8, 4) is 5.75 Å². The third-order valence-corrected chi connectivity index (χ3v) is 2.94. The van der Waals surface area contributed by atoms with E-state index in [1.54, 1.807) is 6.07 Å². The van der Waals surface area contributed by atoms with Crippen LogP contribution in [0.15, 0.2) is 24.3 Å². The Morgan fingerprint density at radius 2 is 1.65 bits per heavy atom. The lowest BCUT2D eigenvalue weighted by Crippen LogP contribution is -2.06. The van der Waals surface area contributed by atoms with Crippen LogP contribution in [-0.2, 0) is 6.61 Å². The number of nitrogen functional groups attached to an aromatic ring is 1. The number of benzene rings is 2. The molecule has 20 heavy (non-hydrogen) atoms. The van der Waals surface area contributed by atoms with Gasteiger partial charge in [0.1, 0.15) is 6.61 Å². The minimum Gasteiger partial charge on any atom is -0.483 e. The van der Waals surface area contributed by atoms with Gasteiger partial charge < -0.3 is 10.5 Å². The molecule has 0 spiro atoms. The Morgan fingerprint density at radius 1 is 1.05 bits per heavy atom. The van der Waals surface area contributed by atoms with E-state index in [1.807, 2.05) is 0 Å². The number of hydrogen-bond acceptors (Lipinski definition) is 2. The molecule has 0 fully saturated rings. The fraction of sp³-hybridized carbons (Fsp3) is 0.0769. The van der Waals surface area contributed by atoms with Gasteiger partial charge in [-0.05, 0) is 12.1 Å². The van der Waals surface area contributed by atoms with Gasteiger partial charge in [0.2, 0.25) is 11.6 Å². The molecule has 0 bridgehead atoms. The molecule has 2 rings (SSSR count). The first-order valence-electron chi connectivity index (χ1n) is 5.40. The van der Waals surface area contributed by atoms with Crippen LogP contribution in [0.4, 0.5) is 23.2 Å². The van der Waals surface area contributed by atoms with Gasteiger partial charge in [0.05, 0.1) is 0 Å². The topological polar surface area (TPSA) is 35.2 Å². The molecule has 0 aliphatic rings. The SMILES string of the molecule is Nc1cccc(Cl)c1COc1c(F)c(F)cc(F)c1F. The summed E-state index contributed by atoms with van der Waals surface area (Å²) in [6.45, 7) is -0.428. The van der Waals surface area contributed by atoms with Crippen molar-refractivity contribution in [2.75, 3.05) is 5.73 Å². The van der Waals surface area contributed by atoms with E-state index < -0.39 is 35.6 Å². The molecule has 2 aromatic rings. The summed E-state index contributed by atoms with van der Waals surface area (Å²) in [4.78, 5) is 0. The quantitative estimate of drug-likeness (QED) is 0.527. The van der Waals surface area contributed by atoms with E-state index in [0.29, 0.717) is 0 Å². The molecule has 0 saturated carbocycles. The summed E-state index contributed by atoms with van der Waals surface area (Å²) in [7, 11) is 0. The summed E-state index contributed by atoms with van der Waals surface area (Å²) in [5.41, 5.74) is 6.11. The Labute approximate surface area is 116 Å². The maximum atomic E-state index is 13.4. The zero-order valence-corrected chi connectivity index (χ0v) is 10.6. The monoisotopic (exact) mass is 305 g/mol.